The van der Waals surface area contributed by atoms with Crippen LogP contribution in [0.2, 0.25) is 0 Å². The van der Waals surface area contributed by atoms with Crippen molar-refractivity contribution < 1.29 is 4.79 Å². The summed E-state index contributed by atoms with van der Waals surface area (Å²) in [5.74, 6) is 5.87. The summed E-state index contributed by atoms with van der Waals surface area (Å²) in [4.78, 5) is 15.8. The summed E-state index contributed by atoms with van der Waals surface area (Å²) in [5, 5.41) is 2.98. The Hall–Kier alpha value is -1.62. The molecular formula is C11H16N4O. The van der Waals surface area contributed by atoms with E-state index < -0.39 is 0 Å². The maximum atomic E-state index is 11.9. The molecule has 2 rings (SSSR count). The number of nitrogen functional groups attached to an aromatic ring is 1. The third kappa shape index (κ3) is 2.14. The lowest BCUT2D eigenvalue weighted by Crippen LogP contribution is -2.28. The molecule has 0 bridgehead atoms. The number of hydrazine groups is 1. The van der Waals surface area contributed by atoms with Gasteiger partial charge in [-0.05, 0) is 18.4 Å². The van der Waals surface area contributed by atoms with E-state index in [1.807, 2.05) is 0 Å². The fraction of sp³-hybridized carbons (Fsp3) is 0.455. The molecule has 1 aromatic heterocycles. The minimum absolute atomic E-state index is 0.0868. The molecule has 1 saturated carbocycles. The Morgan fingerprint density at radius 2 is 2.50 bits per heavy atom. The van der Waals surface area contributed by atoms with Crippen LogP contribution in [0.25, 0.3) is 0 Å². The monoisotopic (exact) mass is 220 g/mol. The van der Waals surface area contributed by atoms with E-state index in [0.717, 1.165) is 12.8 Å². The van der Waals surface area contributed by atoms with Crippen molar-refractivity contribution in [2.45, 2.75) is 25.8 Å². The molecule has 1 aliphatic carbocycles. The molecule has 0 saturated heterocycles. The lowest BCUT2D eigenvalue weighted by Gasteiger charge is -2.08. The molecule has 0 aliphatic heterocycles. The number of nitrogens with two attached hydrogens (primary N) is 1. The number of nitrogens with one attached hydrogen (secondary N) is 2. The first-order valence-electron chi connectivity index (χ1n) is 5.47. The van der Waals surface area contributed by atoms with Crippen molar-refractivity contribution in [3.8, 4) is 0 Å². The van der Waals surface area contributed by atoms with Crippen molar-refractivity contribution >= 4 is 11.6 Å². The van der Waals surface area contributed by atoms with Crippen LogP contribution < -0.4 is 16.6 Å². The molecule has 0 aromatic carbocycles. The second-order valence-corrected chi connectivity index (χ2v) is 4.05. The Bertz CT molecular complexity index is 393. The van der Waals surface area contributed by atoms with Gasteiger partial charge in [0.1, 0.15) is 0 Å². The SMILES string of the molecule is CCC1CC1NC(=O)c1ccncc1NN. The highest BCUT2D eigenvalue weighted by atomic mass is 16.1. The third-order valence-electron chi connectivity index (χ3n) is 2.98. The zero-order chi connectivity index (χ0) is 11.5. The van der Waals surface area contributed by atoms with E-state index in [1.165, 1.54) is 0 Å². The maximum absolute atomic E-state index is 11.9. The Labute approximate surface area is 94.4 Å². The molecule has 0 spiro atoms. The van der Waals surface area contributed by atoms with Crippen molar-refractivity contribution in [3.63, 3.8) is 0 Å². The van der Waals surface area contributed by atoms with E-state index in [1.54, 1.807) is 18.5 Å². The highest BCUT2D eigenvalue weighted by Gasteiger charge is 2.36. The van der Waals surface area contributed by atoms with E-state index >= 15 is 0 Å². The standard InChI is InChI=1S/C11H16N4O/c1-2-7-5-9(7)14-11(16)8-3-4-13-6-10(8)15-12/h3-4,6-7,9,15H,2,5,12H2,1H3,(H,14,16). The number of carbonyl (C=O) groups is 1. The molecule has 5 heteroatoms. The number of nitrogens with zero attached hydrogens (tertiary/aromatic N) is 1. The first kappa shape index (κ1) is 10.9. The number of anilines is 1. The first-order chi connectivity index (χ1) is 7.76. The second kappa shape index (κ2) is 4.49. The second-order valence-electron chi connectivity index (χ2n) is 4.05. The summed E-state index contributed by atoms with van der Waals surface area (Å²) < 4.78 is 0. The van der Waals surface area contributed by atoms with E-state index in [2.05, 4.69) is 22.7 Å². The van der Waals surface area contributed by atoms with Gasteiger partial charge in [0.05, 0.1) is 17.4 Å². The Balaban J connectivity index is 2.03. The van der Waals surface area contributed by atoms with Crippen molar-refractivity contribution in [2.24, 2.45) is 11.8 Å². The van der Waals surface area contributed by atoms with Crippen molar-refractivity contribution in [1.82, 2.24) is 10.3 Å². The van der Waals surface area contributed by atoms with Crippen LogP contribution in [-0.2, 0) is 0 Å². The van der Waals surface area contributed by atoms with Gasteiger partial charge in [0.2, 0.25) is 0 Å². The van der Waals surface area contributed by atoms with Gasteiger partial charge in [0.15, 0.2) is 0 Å². The number of pyridine rings is 1. The smallest absolute Gasteiger partial charge is 0.253 e. The average Bonchev–Trinajstić information content (AvgIpc) is 3.07. The topological polar surface area (TPSA) is 80.0 Å². The van der Waals surface area contributed by atoms with Crippen LogP contribution in [0.5, 0.6) is 0 Å². The number of rotatable bonds is 4. The van der Waals surface area contributed by atoms with Crippen LogP contribution in [0.4, 0.5) is 5.69 Å². The van der Waals surface area contributed by atoms with Crippen LogP contribution in [0.1, 0.15) is 30.1 Å². The van der Waals surface area contributed by atoms with Gasteiger partial charge in [-0.25, -0.2) is 0 Å². The number of amides is 1. The zero-order valence-corrected chi connectivity index (χ0v) is 9.23. The summed E-state index contributed by atoms with van der Waals surface area (Å²) >= 11 is 0. The van der Waals surface area contributed by atoms with Crippen LogP contribution in [-0.4, -0.2) is 16.9 Å². The summed E-state index contributed by atoms with van der Waals surface area (Å²) in [6.45, 7) is 2.14. The van der Waals surface area contributed by atoms with Gasteiger partial charge in [0.25, 0.3) is 5.91 Å². The molecule has 2 unspecified atom stereocenters. The van der Waals surface area contributed by atoms with Crippen molar-refractivity contribution in [2.75, 3.05) is 5.43 Å². The fourth-order valence-electron chi connectivity index (χ4n) is 1.83. The lowest BCUT2D eigenvalue weighted by molar-refractivity contribution is 0.0949. The lowest BCUT2D eigenvalue weighted by atomic mass is 10.2. The fourth-order valence-corrected chi connectivity index (χ4v) is 1.83. The van der Waals surface area contributed by atoms with E-state index in [4.69, 9.17) is 5.84 Å². The number of aromatic nitrogens is 1. The normalized spacial score (nSPS) is 22.6. The number of hydrogen-bond acceptors (Lipinski definition) is 4. The molecule has 1 heterocycles. The van der Waals surface area contributed by atoms with Gasteiger partial charge in [-0.1, -0.05) is 13.3 Å². The first-order valence-corrected chi connectivity index (χ1v) is 5.47. The third-order valence-corrected chi connectivity index (χ3v) is 2.98. The molecule has 0 radical (unpaired) electrons. The average molecular weight is 220 g/mol. The summed E-state index contributed by atoms with van der Waals surface area (Å²) in [5.41, 5.74) is 3.56. The van der Waals surface area contributed by atoms with E-state index in [0.29, 0.717) is 23.2 Å². The van der Waals surface area contributed by atoms with Crippen LogP contribution in [0, 0.1) is 5.92 Å². The molecule has 86 valence electrons. The largest absolute Gasteiger partial charge is 0.349 e. The van der Waals surface area contributed by atoms with Crippen LogP contribution in [0.3, 0.4) is 0 Å². The van der Waals surface area contributed by atoms with Gasteiger partial charge >= 0.3 is 0 Å². The van der Waals surface area contributed by atoms with E-state index in [-0.39, 0.29) is 5.91 Å². The Morgan fingerprint density at radius 1 is 1.69 bits per heavy atom. The summed E-state index contributed by atoms with van der Waals surface area (Å²) in [6, 6.07) is 1.99. The quantitative estimate of drug-likeness (QED) is 0.520. The van der Waals surface area contributed by atoms with Crippen LogP contribution in [0.15, 0.2) is 18.5 Å². The molecule has 5 nitrogen and oxygen atoms in total. The predicted molar refractivity (Wildman–Crippen MR) is 61.7 cm³/mol. The molecule has 2 atom stereocenters. The van der Waals surface area contributed by atoms with Gasteiger partial charge in [-0.2, -0.15) is 0 Å². The summed E-state index contributed by atoms with van der Waals surface area (Å²) in [6.07, 6.45) is 5.32. The van der Waals surface area contributed by atoms with Gasteiger partial charge in [-0.3, -0.25) is 15.6 Å². The van der Waals surface area contributed by atoms with Gasteiger partial charge in [0, 0.05) is 12.2 Å². The molecular weight excluding hydrogens is 204 g/mol. The molecule has 16 heavy (non-hydrogen) atoms. The highest BCUT2D eigenvalue weighted by molar-refractivity contribution is 5.99. The predicted octanol–water partition coefficient (Wildman–Crippen LogP) is 0.895. The van der Waals surface area contributed by atoms with Crippen molar-refractivity contribution in [3.05, 3.63) is 24.0 Å². The molecule has 1 amide bonds. The zero-order valence-electron chi connectivity index (χ0n) is 9.23. The van der Waals surface area contributed by atoms with Gasteiger partial charge in [-0.15, -0.1) is 0 Å². The van der Waals surface area contributed by atoms with E-state index in [9.17, 15) is 4.79 Å². The molecule has 4 N–H and O–H groups in total. The minimum Gasteiger partial charge on any atom is -0.349 e. The molecule has 1 fully saturated rings. The maximum Gasteiger partial charge on any atom is 0.253 e. The summed E-state index contributed by atoms with van der Waals surface area (Å²) in [7, 11) is 0. The van der Waals surface area contributed by atoms with Gasteiger partial charge < -0.3 is 10.7 Å². The highest BCUT2D eigenvalue weighted by Crippen LogP contribution is 2.33. The van der Waals surface area contributed by atoms with Crippen LogP contribution >= 0.6 is 0 Å². The number of hydrogen-bond donors (Lipinski definition) is 3. The molecule has 1 aromatic rings. The Morgan fingerprint density at radius 3 is 3.12 bits per heavy atom. The minimum atomic E-state index is -0.0868. The van der Waals surface area contributed by atoms with Crippen molar-refractivity contribution in [1.29, 1.82) is 0 Å². The number of carbonyl (C=O) groups excluding carboxylic acids is 1. The molecule has 1 aliphatic rings. The Kier molecular flexibility index (Phi) is 3.05.